The second-order valence-electron chi connectivity index (χ2n) is 6.26. The molecule has 0 saturated heterocycles. The number of amides is 2. The number of hydrogen-bond acceptors (Lipinski definition) is 3. The van der Waals surface area contributed by atoms with E-state index in [2.05, 4.69) is 20.9 Å². The van der Waals surface area contributed by atoms with E-state index in [9.17, 15) is 9.59 Å². The number of nitrogens with zero attached hydrogens (tertiary/aromatic N) is 2. The van der Waals surface area contributed by atoms with Crippen LogP contribution in [0.15, 0.2) is 36.5 Å². The van der Waals surface area contributed by atoms with Crippen LogP contribution in [0, 0.1) is 20.8 Å². The van der Waals surface area contributed by atoms with E-state index < -0.39 is 5.91 Å². The summed E-state index contributed by atoms with van der Waals surface area (Å²) < 4.78 is 1.76. The molecule has 0 spiro atoms. The summed E-state index contributed by atoms with van der Waals surface area (Å²) in [6.45, 7) is 5.68. The molecule has 0 fully saturated rings. The molecule has 1 aromatic carbocycles. The van der Waals surface area contributed by atoms with Crippen molar-refractivity contribution in [3.05, 3.63) is 69.8 Å². The lowest BCUT2D eigenvalue weighted by Gasteiger charge is -2.08. The molecular formula is C19H20ClN5O2. The molecule has 3 N–H and O–H groups in total. The smallest absolute Gasteiger partial charge is 0.286 e. The molecule has 140 valence electrons. The highest BCUT2D eigenvalue weighted by atomic mass is 35.5. The first kappa shape index (κ1) is 18.7. The normalized spacial score (nSPS) is 10.7. The fraction of sp³-hybridized carbons (Fsp3) is 0.211. The summed E-state index contributed by atoms with van der Waals surface area (Å²) in [5, 5.41) is 5.18. The summed E-state index contributed by atoms with van der Waals surface area (Å²) in [5.74, 6) is -0.741. The van der Waals surface area contributed by atoms with Crippen molar-refractivity contribution in [2.24, 2.45) is 0 Å². The first-order valence-electron chi connectivity index (χ1n) is 8.41. The van der Waals surface area contributed by atoms with Crippen LogP contribution in [0.5, 0.6) is 0 Å². The molecular weight excluding hydrogens is 366 g/mol. The Morgan fingerprint density at radius 1 is 1.19 bits per heavy atom. The Labute approximate surface area is 161 Å². The quantitative estimate of drug-likeness (QED) is 0.603. The van der Waals surface area contributed by atoms with Crippen LogP contribution in [0.1, 0.15) is 33.0 Å². The van der Waals surface area contributed by atoms with Crippen LogP contribution in [0.2, 0.25) is 5.02 Å². The number of carbonyl (C=O) groups is 2. The molecule has 2 heterocycles. The van der Waals surface area contributed by atoms with Gasteiger partial charge in [0.2, 0.25) is 5.91 Å². The van der Waals surface area contributed by atoms with Gasteiger partial charge in [-0.05, 0) is 50.6 Å². The van der Waals surface area contributed by atoms with Crippen LogP contribution in [0.4, 0.5) is 0 Å². The Morgan fingerprint density at radius 2 is 1.96 bits per heavy atom. The molecule has 7 nitrogen and oxygen atoms in total. The van der Waals surface area contributed by atoms with Gasteiger partial charge in [0.1, 0.15) is 5.69 Å². The number of H-pyrrole nitrogens is 1. The standard InChI is InChI=1S/C19H20ClN5O2/c1-11-6-7-14(9-16(11)20)25-13(3)15(12(2)24-25)10-18(26)22-23-19(27)17-5-4-8-21-17/h4-9,21H,10H2,1-3H3,(H,22,26)(H,23,27). The topological polar surface area (TPSA) is 91.8 Å². The lowest BCUT2D eigenvalue weighted by molar-refractivity contribution is -0.121. The van der Waals surface area contributed by atoms with Crippen molar-refractivity contribution in [3.8, 4) is 5.69 Å². The highest BCUT2D eigenvalue weighted by molar-refractivity contribution is 6.31. The lowest BCUT2D eigenvalue weighted by Crippen LogP contribution is -2.42. The SMILES string of the molecule is Cc1ccc(-n2nc(C)c(CC(=O)NNC(=O)c3ccc[nH]3)c2C)cc1Cl. The van der Waals surface area contributed by atoms with Crippen LogP contribution < -0.4 is 10.9 Å². The minimum atomic E-state index is -0.410. The minimum absolute atomic E-state index is 0.0995. The molecule has 0 unspecified atom stereocenters. The molecule has 0 aliphatic rings. The molecule has 0 aliphatic heterocycles. The second kappa shape index (κ2) is 7.67. The Bertz CT molecular complexity index is 992. The zero-order valence-electron chi connectivity index (χ0n) is 15.3. The maximum atomic E-state index is 12.2. The van der Waals surface area contributed by atoms with Gasteiger partial charge in [0.15, 0.2) is 0 Å². The number of nitrogens with one attached hydrogen (secondary N) is 3. The highest BCUT2D eigenvalue weighted by Gasteiger charge is 2.17. The van der Waals surface area contributed by atoms with E-state index >= 15 is 0 Å². The molecule has 2 aromatic heterocycles. The van der Waals surface area contributed by atoms with Gasteiger partial charge in [-0.15, -0.1) is 0 Å². The van der Waals surface area contributed by atoms with E-state index in [-0.39, 0.29) is 12.3 Å². The summed E-state index contributed by atoms with van der Waals surface area (Å²) in [4.78, 5) is 26.9. The van der Waals surface area contributed by atoms with Crippen LogP contribution in [0.25, 0.3) is 5.69 Å². The van der Waals surface area contributed by atoms with Crippen molar-refractivity contribution < 1.29 is 9.59 Å². The summed E-state index contributed by atoms with van der Waals surface area (Å²) in [6.07, 6.45) is 1.73. The zero-order chi connectivity index (χ0) is 19.6. The van der Waals surface area contributed by atoms with Crippen molar-refractivity contribution in [3.63, 3.8) is 0 Å². The molecule has 0 bridgehead atoms. The van der Waals surface area contributed by atoms with Gasteiger partial charge in [-0.25, -0.2) is 4.68 Å². The fourth-order valence-electron chi connectivity index (χ4n) is 2.77. The molecule has 3 aromatic rings. The predicted molar refractivity (Wildman–Crippen MR) is 103 cm³/mol. The number of rotatable bonds is 4. The number of halogens is 1. The van der Waals surface area contributed by atoms with E-state index in [0.717, 1.165) is 28.2 Å². The average Bonchev–Trinajstić information content (AvgIpc) is 3.26. The third-order valence-corrected chi connectivity index (χ3v) is 4.74. The van der Waals surface area contributed by atoms with Gasteiger partial charge < -0.3 is 4.98 Å². The van der Waals surface area contributed by atoms with Gasteiger partial charge in [-0.3, -0.25) is 20.4 Å². The Morgan fingerprint density at radius 3 is 2.63 bits per heavy atom. The molecule has 3 rings (SSSR count). The maximum Gasteiger partial charge on any atom is 0.286 e. The zero-order valence-corrected chi connectivity index (χ0v) is 16.0. The van der Waals surface area contributed by atoms with Crippen LogP contribution in [0.3, 0.4) is 0 Å². The Kier molecular flexibility index (Phi) is 5.32. The van der Waals surface area contributed by atoms with Crippen LogP contribution in [-0.2, 0) is 11.2 Å². The van der Waals surface area contributed by atoms with E-state index in [1.807, 2.05) is 39.0 Å². The van der Waals surface area contributed by atoms with Crippen LogP contribution >= 0.6 is 11.6 Å². The first-order valence-corrected chi connectivity index (χ1v) is 8.79. The van der Waals surface area contributed by atoms with E-state index in [1.54, 1.807) is 23.0 Å². The largest absolute Gasteiger partial charge is 0.357 e. The molecule has 0 aliphatic carbocycles. The summed E-state index contributed by atoms with van der Waals surface area (Å²) >= 11 is 6.21. The van der Waals surface area contributed by atoms with Gasteiger partial charge in [0.25, 0.3) is 5.91 Å². The summed E-state index contributed by atoms with van der Waals surface area (Å²) in [7, 11) is 0. The van der Waals surface area contributed by atoms with Gasteiger partial charge >= 0.3 is 0 Å². The van der Waals surface area contributed by atoms with Gasteiger partial charge in [-0.1, -0.05) is 17.7 Å². The third-order valence-electron chi connectivity index (χ3n) is 4.34. The summed E-state index contributed by atoms with van der Waals surface area (Å²) in [5.41, 5.74) is 9.38. The summed E-state index contributed by atoms with van der Waals surface area (Å²) in [6, 6.07) is 9.02. The molecule has 8 heteroatoms. The monoisotopic (exact) mass is 385 g/mol. The molecule has 2 amide bonds. The van der Waals surface area contributed by atoms with Crippen LogP contribution in [-0.4, -0.2) is 26.6 Å². The lowest BCUT2D eigenvalue weighted by atomic mass is 10.1. The van der Waals surface area contributed by atoms with Crippen molar-refractivity contribution in [2.45, 2.75) is 27.2 Å². The first-order chi connectivity index (χ1) is 12.9. The second-order valence-corrected chi connectivity index (χ2v) is 6.66. The Hall–Kier alpha value is -3.06. The number of carbonyl (C=O) groups excluding carboxylic acids is 2. The van der Waals surface area contributed by atoms with Gasteiger partial charge in [0, 0.05) is 22.5 Å². The van der Waals surface area contributed by atoms with Gasteiger partial charge in [-0.2, -0.15) is 5.10 Å². The average molecular weight is 386 g/mol. The predicted octanol–water partition coefficient (Wildman–Crippen LogP) is 2.78. The van der Waals surface area contributed by atoms with Crippen molar-refractivity contribution in [1.82, 2.24) is 25.6 Å². The minimum Gasteiger partial charge on any atom is -0.357 e. The maximum absolute atomic E-state index is 12.2. The molecule has 0 saturated carbocycles. The molecule has 27 heavy (non-hydrogen) atoms. The van der Waals surface area contributed by atoms with E-state index in [1.165, 1.54) is 0 Å². The van der Waals surface area contributed by atoms with Crippen molar-refractivity contribution >= 4 is 23.4 Å². The number of benzene rings is 1. The Balaban J connectivity index is 1.71. The number of aromatic amines is 1. The van der Waals surface area contributed by atoms with Crippen molar-refractivity contribution in [2.75, 3.05) is 0 Å². The van der Waals surface area contributed by atoms with E-state index in [0.29, 0.717) is 10.7 Å². The number of aromatic nitrogens is 3. The van der Waals surface area contributed by atoms with Gasteiger partial charge in [0.05, 0.1) is 17.8 Å². The molecule has 0 atom stereocenters. The number of hydrazine groups is 1. The van der Waals surface area contributed by atoms with E-state index in [4.69, 9.17) is 11.6 Å². The highest BCUT2D eigenvalue weighted by Crippen LogP contribution is 2.23. The number of hydrogen-bond donors (Lipinski definition) is 3. The van der Waals surface area contributed by atoms with Crippen molar-refractivity contribution in [1.29, 1.82) is 0 Å². The number of aryl methyl sites for hydroxylation is 2. The molecule has 0 radical (unpaired) electrons. The third kappa shape index (κ3) is 4.03. The fourth-order valence-corrected chi connectivity index (χ4v) is 2.94.